The number of benzene rings is 1. The summed E-state index contributed by atoms with van der Waals surface area (Å²) in [6.07, 6.45) is 3.02. The fourth-order valence-corrected chi connectivity index (χ4v) is 3.53. The summed E-state index contributed by atoms with van der Waals surface area (Å²) >= 11 is 1.59. The number of nitrogens with zero attached hydrogens (tertiary/aromatic N) is 2. The Kier molecular flexibility index (Phi) is 4.52. The average Bonchev–Trinajstić information content (AvgIpc) is 3.37. The fraction of sp³-hybridized carbons (Fsp3) is 0.263. The van der Waals surface area contributed by atoms with Crippen LogP contribution in [0.25, 0.3) is 0 Å². The van der Waals surface area contributed by atoms with E-state index in [1.165, 1.54) is 5.01 Å². The number of hydrogen-bond donors (Lipinski definition) is 0. The van der Waals surface area contributed by atoms with E-state index in [1.54, 1.807) is 17.6 Å². The first kappa shape index (κ1) is 15.9. The van der Waals surface area contributed by atoms with Gasteiger partial charge in [-0.2, -0.15) is 5.10 Å². The summed E-state index contributed by atoms with van der Waals surface area (Å²) in [5.41, 5.74) is 1.93. The van der Waals surface area contributed by atoms with Gasteiger partial charge in [0.15, 0.2) is 5.76 Å². The number of allylic oxidation sites excluding steroid dienone is 1. The molecule has 6 heteroatoms. The van der Waals surface area contributed by atoms with Crippen LogP contribution >= 0.6 is 11.3 Å². The molecule has 2 aliphatic rings. The molecule has 4 rings (SSSR count). The number of thiophene rings is 1. The minimum absolute atomic E-state index is 0.0119. The lowest BCUT2D eigenvalue weighted by Crippen LogP contribution is -2.24. The van der Waals surface area contributed by atoms with Crippen LogP contribution in [0.5, 0.6) is 0 Å². The van der Waals surface area contributed by atoms with Crippen LogP contribution in [0.1, 0.15) is 16.9 Å². The molecule has 1 aromatic heterocycles. The van der Waals surface area contributed by atoms with E-state index in [9.17, 15) is 4.79 Å². The second kappa shape index (κ2) is 7.11. The molecule has 1 atom stereocenters. The molecule has 5 nitrogen and oxygen atoms in total. The van der Waals surface area contributed by atoms with E-state index in [2.05, 4.69) is 5.10 Å². The maximum absolute atomic E-state index is 12.3. The van der Waals surface area contributed by atoms with Crippen molar-refractivity contribution in [3.8, 4) is 0 Å². The number of hydrazone groups is 1. The molecule has 25 heavy (non-hydrogen) atoms. The van der Waals surface area contributed by atoms with Crippen LogP contribution in [0.15, 0.2) is 65.0 Å². The van der Waals surface area contributed by atoms with E-state index in [1.807, 2.05) is 47.8 Å². The van der Waals surface area contributed by atoms with Crippen LogP contribution in [-0.4, -0.2) is 29.5 Å². The lowest BCUT2D eigenvalue weighted by atomic mass is 10.1. The van der Waals surface area contributed by atoms with Crippen molar-refractivity contribution in [2.75, 3.05) is 6.54 Å². The van der Waals surface area contributed by atoms with Crippen molar-refractivity contribution in [1.82, 2.24) is 5.01 Å². The molecule has 1 unspecified atom stereocenters. The van der Waals surface area contributed by atoms with Gasteiger partial charge in [-0.25, -0.2) is 5.01 Å². The SMILES string of the molecule is O=C(Cc1cccs1)N1CCC(C2=COC(Cc3ccccc3)O2)=N1. The summed E-state index contributed by atoms with van der Waals surface area (Å²) in [6, 6.07) is 14.0. The van der Waals surface area contributed by atoms with E-state index >= 15 is 0 Å². The predicted octanol–water partition coefficient (Wildman–Crippen LogP) is 3.34. The van der Waals surface area contributed by atoms with Crippen LogP contribution < -0.4 is 0 Å². The van der Waals surface area contributed by atoms with Crippen molar-refractivity contribution < 1.29 is 14.3 Å². The lowest BCUT2D eigenvalue weighted by Gasteiger charge is -2.11. The molecule has 0 aliphatic carbocycles. The molecule has 0 radical (unpaired) electrons. The number of ether oxygens (including phenoxy) is 2. The lowest BCUT2D eigenvalue weighted by molar-refractivity contribution is -0.129. The monoisotopic (exact) mass is 354 g/mol. The summed E-state index contributed by atoms with van der Waals surface area (Å²) < 4.78 is 11.5. The largest absolute Gasteiger partial charge is 0.458 e. The Labute approximate surface area is 150 Å². The average molecular weight is 354 g/mol. The molecule has 0 N–H and O–H groups in total. The first-order valence-corrected chi connectivity index (χ1v) is 9.13. The van der Waals surface area contributed by atoms with Crippen LogP contribution in [-0.2, 0) is 27.1 Å². The molecule has 1 aromatic carbocycles. The predicted molar refractivity (Wildman–Crippen MR) is 96.0 cm³/mol. The highest BCUT2D eigenvalue weighted by molar-refractivity contribution is 7.10. The number of rotatable bonds is 5. The first-order valence-electron chi connectivity index (χ1n) is 8.25. The Hall–Kier alpha value is -2.60. The summed E-state index contributed by atoms with van der Waals surface area (Å²) in [6.45, 7) is 0.587. The highest BCUT2D eigenvalue weighted by Gasteiger charge is 2.29. The molecular formula is C19H18N2O3S. The van der Waals surface area contributed by atoms with Crippen LogP contribution in [0, 0.1) is 0 Å². The van der Waals surface area contributed by atoms with Gasteiger partial charge in [0.1, 0.15) is 12.0 Å². The highest BCUT2D eigenvalue weighted by atomic mass is 32.1. The Morgan fingerprint density at radius 1 is 1.24 bits per heavy atom. The molecule has 0 saturated heterocycles. The van der Waals surface area contributed by atoms with Gasteiger partial charge in [-0.05, 0) is 17.0 Å². The second-order valence-electron chi connectivity index (χ2n) is 5.93. The van der Waals surface area contributed by atoms with Crippen molar-refractivity contribution in [1.29, 1.82) is 0 Å². The normalized spacial score (nSPS) is 19.2. The van der Waals surface area contributed by atoms with Gasteiger partial charge in [-0.3, -0.25) is 4.79 Å². The quantitative estimate of drug-likeness (QED) is 0.827. The first-order chi connectivity index (χ1) is 12.3. The molecule has 0 bridgehead atoms. The zero-order chi connectivity index (χ0) is 17.1. The van der Waals surface area contributed by atoms with Gasteiger partial charge in [0.2, 0.25) is 12.2 Å². The summed E-state index contributed by atoms with van der Waals surface area (Å²) in [7, 11) is 0. The third kappa shape index (κ3) is 3.74. The van der Waals surface area contributed by atoms with Crippen LogP contribution in [0.4, 0.5) is 0 Å². The molecule has 1 amide bonds. The molecule has 0 saturated carbocycles. The van der Waals surface area contributed by atoms with Gasteiger partial charge in [0, 0.05) is 17.7 Å². The van der Waals surface area contributed by atoms with Crippen molar-refractivity contribution in [2.24, 2.45) is 5.10 Å². The standard InChI is InChI=1S/C19H18N2O3S/c22-18(12-15-7-4-10-25-15)21-9-8-16(20-21)17-13-23-19(24-17)11-14-5-2-1-3-6-14/h1-7,10,13,19H,8-9,11-12H2. The zero-order valence-electron chi connectivity index (χ0n) is 13.6. The molecular weight excluding hydrogens is 336 g/mol. The third-order valence-corrected chi connectivity index (χ3v) is 4.99. The number of carbonyl (C=O) groups excluding carboxylic acids is 1. The minimum Gasteiger partial charge on any atom is -0.458 e. The van der Waals surface area contributed by atoms with E-state index in [0.717, 1.165) is 16.2 Å². The van der Waals surface area contributed by atoms with Crippen molar-refractivity contribution in [3.05, 3.63) is 70.3 Å². The Morgan fingerprint density at radius 2 is 2.12 bits per heavy atom. The molecule has 2 aliphatic heterocycles. The number of carbonyl (C=O) groups is 1. The maximum Gasteiger partial charge on any atom is 0.247 e. The molecule has 128 valence electrons. The van der Waals surface area contributed by atoms with E-state index < -0.39 is 0 Å². The van der Waals surface area contributed by atoms with E-state index in [-0.39, 0.29) is 12.2 Å². The Bertz CT molecular complexity index is 799. The van der Waals surface area contributed by atoms with Gasteiger partial charge >= 0.3 is 0 Å². The summed E-state index contributed by atoms with van der Waals surface area (Å²) in [5.74, 6) is 0.644. The fourth-order valence-electron chi connectivity index (χ4n) is 2.83. The molecule has 3 heterocycles. The third-order valence-electron chi connectivity index (χ3n) is 4.11. The highest BCUT2D eigenvalue weighted by Crippen LogP contribution is 2.24. The minimum atomic E-state index is -0.337. The molecule has 0 spiro atoms. The summed E-state index contributed by atoms with van der Waals surface area (Å²) in [5, 5.41) is 7.93. The zero-order valence-corrected chi connectivity index (χ0v) is 14.4. The molecule has 2 aromatic rings. The summed E-state index contributed by atoms with van der Waals surface area (Å²) in [4.78, 5) is 13.4. The van der Waals surface area contributed by atoms with Gasteiger partial charge in [-0.1, -0.05) is 36.4 Å². The van der Waals surface area contributed by atoms with Gasteiger partial charge < -0.3 is 9.47 Å². The smallest absolute Gasteiger partial charge is 0.247 e. The van der Waals surface area contributed by atoms with Crippen molar-refractivity contribution >= 4 is 23.0 Å². The number of amides is 1. The molecule has 0 fully saturated rings. The Balaban J connectivity index is 1.34. The maximum atomic E-state index is 12.3. The topological polar surface area (TPSA) is 51.1 Å². The van der Waals surface area contributed by atoms with Gasteiger partial charge in [0.05, 0.1) is 13.0 Å². The van der Waals surface area contributed by atoms with Gasteiger partial charge in [-0.15, -0.1) is 11.3 Å². The van der Waals surface area contributed by atoms with Crippen LogP contribution in [0.3, 0.4) is 0 Å². The van der Waals surface area contributed by atoms with E-state index in [4.69, 9.17) is 9.47 Å². The van der Waals surface area contributed by atoms with Crippen molar-refractivity contribution in [2.45, 2.75) is 25.6 Å². The Morgan fingerprint density at radius 3 is 2.92 bits per heavy atom. The van der Waals surface area contributed by atoms with Gasteiger partial charge in [0.25, 0.3) is 0 Å². The van der Waals surface area contributed by atoms with Crippen LogP contribution in [0.2, 0.25) is 0 Å². The second-order valence-corrected chi connectivity index (χ2v) is 6.96. The van der Waals surface area contributed by atoms with E-state index in [0.29, 0.717) is 31.6 Å². The number of hydrogen-bond acceptors (Lipinski definition) is 5. The van der Waals surface area contributed by atoms with Crippen molar-refractivity contribution in [3.63, 3.8) is 0 Å².